The molecule has 4 nitrogen and oxygen atoms in total. The van der Waals surface area contributed by atoms with E-state index in [9.17, 15) is 0 Å². The van der Waals surface area contributed by atoms with Crippen molar-refractivity contribution in [3.63, 3.8) is 0 Å². The van der Waals surface area contributed by atoms with E-state index < -0.39 is 0 Å². The number of benzene rings is 1. The number of aromatic nitrogens is 3. The Morgan fingerprint density at radius 2 is 2.18 bits per heavy atom. The van der Waals surface area contributed by atoms with Gasteiger partial charge in [0.1, 0.15) is 0 Å². The summed E-state index contributed by atoms with van der Waals surface area (Å²) in [4.78, 5) is 4.13. The van der Waals surface area contributed by atoms with Gasteiger partial charge >= 0.3 is 0 Å². The number of pyridine rings is 1. The first-order valence-electron chi connectivity index (χ1n) is 5.48. The van der Waals surface area contributed by atoms with Crippen LogP contribution >= 0.6 is 0 Å². The molecule has 1 aromatic carbocycles. The lowest BCUT2D eigenvalue weighted by Gasteiger charge is -2.07. The highest BCUT2D eigenvalue weighted by Gasteiger charge is 2.00. The Morgan fingerprint density at radius 3 is 3.06 bits per heavy atom. The fraction of sp³-hybridized carbons (Fsp3) is 0.0769. The van der Waals surface area contributed by atoms with Crippen molar-refractivity contribution in [1.29, 1.82) is 0 Å². The van der Waals surface area contributed by atoms with Gasteiger partial charge in [0, 0.05) is 30.5 Å². The Balaban J connectivity index is 1.90. The van der Waals surface area contributed by atoms with Gasteiger partial charge in [-0.25, -0.2) is 0 Å². The van der Waals surface area contributed by atoms with Crippen LogP contribution in [0.15, 0.2) is 49.1 Å². The molecule has 2 N–H and O–H groups in total. The number of hydrogen-bond acceptors (Lipinski definition) is 3. The second-order valence-corrected chi connectivity index (χ2v) is 3.85. The summed E-state index contributed by atoms with van der Waals surface area (Å²) in [7, 11) is 0. The third-order valence-electron chi connectivity index (χ3n) is 2.75. The van der Waals surface area contributed by atoms with Crippen molar-refractivity contribution in [2.75, 3.05) is 5.32 Å². The quantitative estimate of drug-likeness (QED) is 0.719. The first kappa shape index (κ1) is 9.84. The van der Waals surface area contributed by atoms with Gasteiger partial charge in [0.15, 0.2) is 0 Å². The summed E-state index contributed by atoms with van der Waals surface area (Å²) in [6.45, 7) is 0.779. The van der Waals surface area contributed by atoms with Gasteiger partial charge in [-0.1, -0.05) is 18.2 Å². The van der Waals surface area contributed by atoms with Gasteiger partial charge in [0.05, 0.1) is 11.9 Å². The molecule has 0 aliphatic carbocycles. The third kappa shape index (κ3) is 1.97. The first-order chi connectivity index (χ1) is 8.43. The number of aromatic amines is 1. The molecular weight excluding hydrogens is 212 g/mol. The van der Waals surface area contributed by atoms with Crippen LogP contribution in [-0.2, 0) is 6.54 Å². The van der Waals surface area contributed by atoms with Gasteiger partial charge in [0.2, 0.25) is 0 Å². The number of fused-ring (bicyclic) bond motifs is 1. The highest BCUT2D eigenvalue weighted by Crippen LogP contribution is 2.18. The molecule has 0 bridgehead atoms. The number of nitrogens with zero attached hydrogens (tertiary/aromatic N) is 2. The molecule has 2 heterocycles. The molecule has 0 aliphatic heterocycles. The zero-order valence-corrected chi connectivity index (χ0v) is 9.22. The van der Waals surface area contributed by atoms with Crippen LogP contribution in [0.1, 0.15) is 5.56 Å². The lowest BCUT2D eigenvalue weighted by Crippen LogP contribution is -1.99. The summed E-state index contributed by atoms with van der Waals surface area (Å²) in [6.07, 6.45) is 7.32. The van der Waals surface area contributed by atoms with Crippen LogP contribution in [0.25, 0.3) is 10.8 Å². The lowest BCUT2D eigenvalue weighted by atomic mass is 10.1. The molecule has 3 rings (SSSR count). The van der Waals surface area contributed by atoms with E-state index in [0.717, 1.165) is 12.2 Å². The molecule has 0 fully saturated rings. The molecular formula is C13H12N4. The molecule has 0 amide bonds. The molecule has 0 saturated carbocycles. The number of rotatable bonds is 3. The van der Waals surface area contributed by atoms with E-state index in [-0.39, 0.29) is 0 Å². The summed E-state index contributed by atoms with van der Waals surface area (Å²) < 4.78 is 0. The maximum Gasteiger partial charge on any atom is 0.0726 e. The van der Waals surface area contributed by atoms with Crippen molar-refractivity contribution < 1.29 is 0 Å². The molecule has 0 atom stereocenters. The SMILES string of the molecule is c1cc(CNc2cn[nH]c2)c2ccncc2c1. The van der Waals surface area contributed by atoms with Gasteiger partial charge in [-0.05, 0) is 17.0 Å². The van der Waals surface area contributed by atoms with Crippen molar-refractivity contribution in [1.82, 2.24) is 15.2 Å². The van der Waals surface area contributed by atoms with E-state index in [4.69, 9.17) is 0 Å². The fourth-order valence-electron chi connectivity index (χ4n) is 1.89. The van der Waals surface area contributed by atoms with Gasteiger partial charge in [-0.3, -0.25) is 10.1 Å². The first-order valence-corrected chi connectivity index (χ1v) is 5.48. The fourth-order valence-corrected chi connectivity index (χ4v) is 1.89. The maximum absolute atomic E-state index is 4.13. The Kier molecular flexibility index (Phi) is 2.46. The zero-order valence-electron chi connectivity index (χ0n) is 9.22. The van der Waals surface area contributed by atoms with E-state index in [1.54, 1.807) is 6.20 Å². The number of anilines is 1. The minimum absolute atomic E-state index is 0.779. The Hall–Kier alpha value is -2.36. The van der Waals surface area contributed by atoms with Crippen molar-refractivity contribution in [3.05, 3.63) is 54.6 Å². The van der Waals surface area contributed by atoms with E-state index >= 15 is 0 Å². The second-order valence-electron chi connectivity index (χ2n) is 3.85. The predicted molar refractivity (Wildman–Crippen MR) is 67.7 cm³/mol. The summed E-state index contributed by atoms with van der Waals surface area (Å²) in [6, 6.07) is 8.29. The van der Waals surface area contributed by atoms with Crippen LogP contribution in [0, 0.1) is 0 Å². The molecule has 2 aromatic heterocycles. The highest BCUT2D eigenvalue weighted by molar-refractivity contribution is 5.84. The minimum atomic E-state index is 0.779. The van der Waals surface area contributed by atoms with Crippen LogP contribution < -0.4 is 5.32 Å². The van der Waals surface area contributed by atoms with Crippen LogP contribution in [0.5, 0.6) is 0 Å². The van der Waals surface area contributed by atoms with Gasteiger partial charge in [-0.15, -0.1) is 0 Å². The maximum atomic E-state index is 4.13. The Bertz CT molecular complexity index is 611. The number of nitrogens with one attached hydrogen (secondary N) is 2. The summed E-state index contributed by atoms with van der Waals surface area (Å²) in [5, 5.41) is 12.4. The third-order valence-corrected chi connectivity index (χ3v) is 2.75. The van der Waals surface area contributed by atoms with Gasteiger partial charge in [-0.2, -0.15) is 5.10 Å². The van der Waals surface area contributed by atoms with Gasteiger partial charge < -0.3 is 5.32 Å². The molecule has 0 unspecified atom stereocenters. The standard InChI is InChI=1S/C13H12N4/c1-2-10-6-14-5-4-13(10)11(3-1)7-15-12-8-16-17-9-12/h1-6,8-9,15H,7H2,(H,16,17). The van der Waals surface area contributed by atoms with E-state index in [1.165, 1.54) is 16.3 Å². The minimum Gasteiger partial charge on any atom is -0.378 e. The van der Waals surface area contributed by atoms with E-state index in [2.05, 4.69) is 38.7 Å². The van der Waals surface area contributed by atoms with Gasteiger partial charge in [0.25, 0.3) is 0 Å². The smallest absolute Gasteiger partial charge is 0.0726 e. The molecule has 0 radical (unpaired) electrons. The second kappa shape index (κ2) is 4.25. The summed E-state index contributed by atoms with van der Waals surface area (Å²) >= 11 is 0. The summed E-state index contributed by atoms with van der Waals surface area (Å²) in [5.41, 5.74) is 2.25. The van der Waals surface area contributed by atoms with Crippen molar-refractivity contribution in [3.8, 4) is 0 Å². The Labute approximate surface area is 98.7 Å². The van der Waals surface area contributed by atoms with Crippen molar-refractivity contribution in [2.24, 2.45) is 0 Å². The van der Waals surface area contributed by atoms with Crippen molar-refractivity contribution in [2.45, 2.75) is 6.54 Å². The number of hydrogen-bond donors (Lipinski definition) is 2. The molecule has 0 spiro atoms. The van der Waals surface area contributed by atoms with Crippen LogP contribution in [0.4, 0.5) is 5.69 Å². The molecule has 0 saturated heterocycles. The largest absolute Gasteiger partial charge is 0.378 e. The summed E-state index contributed by atoms with van der Waals surface area (Å²) in [5.74, 6) is 0. The average molecular weight is 224 g/mol. The molecule has 17 heavy (non-hydrogen) atoms. The average Bonchev–Trinajstić information content (AvgIpc) is 2.89. The Morgan fingerprint density at radius 1 is 1.18 bits per heavy atom. The molecule has 3 aromatic rings. The lowest BCUT2D eigenvalue weighted by molar-refractivity contribution is 1.09. The molecule has 4 heteroatoms. The van der Waals surface area contributed by atoms with E-state index in [0.29, 0.717) is 0 Å². The van der Waals surface area contributed by atoms with Crippen LogP contribution in [0.2, 0.25) is 0 Å². The topological polar surface area (TPSA) is 53.6 Å². The molecule has 84 valence electrons. The monoisotopic (exact) mass is 224 g/mol. The van der Waals surface area contributed by atoms with Crippen LogP contribution in [-0.4, -0.2) is 15.2 Å². The predicted octanol–water partition coefficient (Wildman–Crippen LogP) is 2.57. The highest BCUT2D eigenvalue weighted by atomic mass is 15.1. The zero-order chi connectivity index (χ0) is 11.5. The normalized spacial score (nSPS) is 10.6. The van der Waals surface area contributed by atoms with E-state index in [1.807, 2.05) is 24.7 Å². The number of H-pyrrole nitrogens is 1. The molecule has 0 aliphatic rings. The van der Waals surface area contributed by atoms with Crippen LogP contribution in [0.3, 0.4) is 0 Å². The van der Waals surface area contributed by atoms with Crippen molar-refractivity contribution >= 4 is 16.5 Å².